The van der Waals surface area contributed by atoms with Gasteiger partial charge < -0.3 is 15.5 Å². The molecule has 1 aromatic heterocycles. The number of amides is 2. The number of piperidine rings is 1. The van der Waals surface area contributed by atoms with Gasteiger partial charge in [-0.05, 0) is 48.6 Å². The fourth-order valence-corrected chi connectivity index (χ4v) is 3.78. The Bertz CT molecular complexity index is 1050. The summed E-state index contributed by atoms with van der Waals surface area (Å²) in [5.74, 6) is 0.812. The molecule has 0 unspecified atom stereocenters. The van der Waals surface area contributed by atoms with Crippen LogP contribution in [0.2, 0.25) is 0 Å². The molecule has 4 rings (SSSR count). The standard InChI is InChI=1S/C24H26N4O2/c1-2-23(29)27-20-11-9-17(10-12-20)24(30)28-13-5-8-21(16-28)26-22-14-18-6-3-4-7-19(18)15-25-22/h3-4,6-7,9-12,14-15,21H,2,5,8,13,16H2,1H3,(H,25,26)(H,27,29)/t21-/m1/s1. The number of rotatable bonds is 5. The molecule has 3 aromatic rings. The zero-order valence-electron chi connectivity index (χ0n) is 17.1. The largest absolute Gasteiger partial charge is 0.366 e. The summed E-state index contributed by atoms with van der Waals surface area (Å²) in [5.41, 5.74) is 1.34. The first-order valence-corrected chi connectivity index (χ1v) is 10.4. The van der Waals surface area contributed by atoms with Crippen molar-refractivity contribution in [2.75, 3.05) is 23.7 Å². The van der Waals surface area contributed by atoms with Gasteiger partial charge in [-0.25, -0.2) is 4.98 Å². The van der Waals surface area contributed by atoms with E-state index >= 15 is 0 Å². The number of carbonyl (C=O) groups excluding carboxylic acids is 2. The van der Waals surface area contributed by atoms with Crippen LogP contribution >= 0.6 is 0 Å². The third kappa shape index (κ3) is 4.59. The number of aromatic nitrogens is 1. The quantitative estimate of drug-likeness (QED) is 0.667. The summed E-state index contributed by atoms with van der Waals surface area (Å²) in [6.45, 7) is 3.19. The van der Waals surface area contributed by atoms with E-state index in [0.717, 1.165) is 36.0 Å². The molecule has 6 nitrogen and oxygen atoms in total. The minimum Gasteiger partial charge on any atom is -0.366 e. The zero-order chi connectivity index (χ0) is 20.9. The molecule has 0 aliphatic carbocycles. The summed E-state index contributed by atoms with van der Waals surface area (Å²) in [5, 5.41) is 8.56. The van der Waals surface area contributed by atoms with Crippen molar-refractivity contribution in [2.45, 2.75) is 32.2 Å². The van der Waals surface area contributed by atoms with Crippen LogP contribution in [0.4, 0.5) is 11.5 Å². The van der Waals surface area contributed by atoms with Crippen molar-refractivity contribution < 1.29 is 9.59 Å². The van der Waals surface area contributed by atoms with Gasteiger partial charge in [0, 0.05) is 48.4 Å². The van der Waals surface area contributed by atoms with Crippen LogP contribution < -0.4 is 10.6 Å². The molecule has 1 aliphatic heterocycles. The smallest absolute Gasteiger partial charge is 0.253 e. The first-order valence-electron chi connectivity index (χ1n) is 10.4. The van der Waals surface area contributed by atoms with Gasteiger partial charge in [0.15, 0.2) is 0 Å². The molecule has 154 valence electrons. The molecule has 6 heteroatoms. The van der Waals surface area contributed by atoms with Gasteiger partial charge >= 0.3 is 0 Å². The van der Waals surface area contributed by atoms with Gasteiger partial charge in [0.1, 0.15) is 5.82 Å². The predicted molar refractivity (Wildman–Crippen MR) is 120 cm³/mol. The van der Waals surface area contributed by atoms with E-state index < -0.39 is 0 Å². The van der Waals surface area contributed by atoms with E-state index in [-0.39, 0.29) is 17.9 Å². The lowest BCUT2D eigenvalue weighted by atomic mass is 10.0. The lowest BCUT2D eigenvalue weighted by Gasteiger charge is -2.33. The highest BCUT2D eigenvalue weighted by atomic mass is 16.2. The predicted octanol–water partition coefficient (Wildman–Crippen LogP) is 4.30. The lowest BCUT2D eigenvalue weighted by Crippen LogP contribution is -2.45. The summed E-state index contributed by atoms with van der Waals surface area (Å²) < 4.78 is 0. The van der Waals surface area contributed by atoms with Gasteiger partial charge in [0.2, 0.25) is 5.91 Å². The van der Waals surface area contributed by atoms with Crippen LogP contribution in [0.25, 0.3) is 10.8 Å². The Kier molecular flexibility index (Phi) is 5.93. The Morgan fingerprint density at radius 1 is 1.10 bits per heavy atom. The monoisotopic (exact) mass is 402 g/mol. The molecule has 2 amide bonds. The van der Waals surface area contributed by atoms with Crippen LogP contribution in [0, 0.1) is 0 Å². The Balaban J connectivity index is 1.40. The van der Waals surface area contributed by atoms with E-state index in [0.29, 0.717) is 24.2 Å². The number of pyridine rings is 1. The van der Waals surface area contributed by atoms with Crippen molar-refractivity contribution >= 4 is 34.1 Å². The van der Waals surface area contributed by atoms with Gasteiger partial charge in [0.25, 0.3) is 5.91 Å². The highest BCUT2D eigenvalue weighted by Gasteiger charge is 2.24. The second-order valence-electron chi connectivity index (χ2n) is 7.63. The highest BCUT2D eigenvalue weighted by Crippen LogP contribution is 2.21. The number of fused-ring (bicyclic) bond motifs is 1. The fraction of sp³-hybridized carbons (Fsp3) is 0.292. The van der Waals surface area contributed by atoms with Crippen molar-refractivity contribution in [1.82, 2.24) is 9.88 Å². The lowest BCUT2D eigenvalue weighted by molar-refractivity contribution is -0.115. The molecule has 2 heterocycles. The number of carbonyl (C=O) groups is 2. The van der Waals surface area contributed by atoms with Gasteiger partial charge in [-0.1, -0.05) is 31.2 Å². The number of hydrogen-bond donors (Lipinski definition) is 2. The molecule has 1 fully saturated rings. The van der Waals surface area contributed by atoms with Crippen LogP contribution in [0.15, 0.2) is 60.8 Å². The maximum absolute atomic E-state index is 13.0. The van der Waals surface area contributed by atoms with Crippen LogP contribution in [-0.2, 0) is 4.79 Å². The summed E-state index contributed by atoms with van der Waals surface area (Å²) in [6, 6.07) is 17.5. The van der Waals surface area contributed by atoms with Crippen molar-refractivity contribution in [3.63, 3.8) is 0 Å². The van der Waals surface area contributed by atoms with E-state index in [9.17, 15) is 9.59 Å². The summed E-state index contributed by atoms with van der Waals surface area (Å²) >= 11 is 0. The molecule has 1 saturated heterocycles. The van der Waals surface area contributed by atoms with Crippen LogP contribution in [0.5, 0.6) is 0 Å². The number of nitrogens with one attached hydrogen (secondary N) is 2. The van der Waals surface area contributed by atoms with E-state index in [2.05, 4.69) is 27.8 Å². The van der Waals surface area contributed by atoms with Crippen molar-refractivity contribution in [1.29, 1.82) is 0 Å². The average Bonchev–Trinajstić information content (AvgIpc) is 2.79. The fourth-order valence-electron chi connectivity index (χ4n) is 3.78. The van der Waals surface area contributed by atoms with Crippen molar-refractivity contribution in [3.8, 4) is 0 Å². The Hall–Kier alpha value is -3.41. The summed E-state index contributed by atoms with van der Waals surface area (Å²) in [6.07, 6.45) is 4.25. The normalized spacial score (nSPS) is 16.3. The Morgan fingerprint density at radius 2 is 1.87 bits per heavy atom. The summed E-state index contributed by atoms with van der Waals surface area (Å²) in [4.78, 5) is 30.9. The molecule has 2 N–H and O–H groups in total. The zero-order valence-corrected chi connectivity index (χ0v) is 17.1. The van der Waals surface area contributed by atoms with Gasteiger partial charge in [-0.15, -0.1) is 0 Å². The number of likely N-dealkylation sites (tertiary alicyclic amines) is 1. The Morgan fingerprint density at radius 3 is 2.63 bits per heavy atom. The molecule has 1 aliphatic rings. The number of nitrogens with zero attached hydrogens (tertiary/aromatic N) is 2. The molecule has 0 bridgehead atoms. The van der Waals surface area contributed by atoms with E-state index in [4.69, 9.17) is 0 Å². The minimum absolute atomic E-state index is 0.0151. The molecular weight excluding hydrogens is 376 g/mol. The average molecular weight is 402 g/mol. The van der Waals surface area contributed by atoms with Gasteiger partial charge in [-0.2, -0.15) is 0 Å². The molecule has 0 radical (unpaired) electrons. The molecule has 2 aromatic carbocycles. The third-order valence-electron chi connectivity index (χ3n) is 5.43. The number of hydrogen-bond acceptors (Lipinski definition) is 4. The molecular formula is C24H26N4O2. The van der Waals surface area contributed by atoms with Crippen LogP contribution in [0.1, 0.15) is 36.5 Å². The third-order valence-corrected chi connectivity index (χ3v) is 5.43. The maximum Gasteiger partial charge on any atom is 0.253 e. The van der Waals surface area contributed by atoms with Crippen molar-refractivity contribution in [3.05, 3.63) is 66.4 Å². The highest BCUT2D eigenvalue weighted by molar-refractivity contribution is 5.96. The van der Waals surface area contributed by atoms with Crippen LogP contribution in [0.3, 0.4) is 0 Å². The molecule has 1 atom stereocenters. The van der Waals surface area contributed by atoms with Gasteiger partial charge in [0.05, 0.1) is 0 Å². The topological polar surface area (TPSA) is 74.3 Å². The first-order chi connectivity index (χ1) is 14.6. The number of benzene rings is 2. The summed E-state index contributed by atoms with van der Waals surface area (Å²) in [7, 11) is 0. The minimum atomic E-state index is -0.0404. The van der Waals surface area contributed by atoms with E-state index in [1.807, 2.05) is 36.2 Å². The second-order valence-corrected chi connectivity index (χ2v) is 7.63. The number of anilines is 2. The second kappa shape index (κ2) is 8.95. The van der Waals surface area contributed by atoms with Crippen LogP contribution in [-0.4, -0.2) is 40.8 Å². The molecule has 0 saturated carbocycles. The first kappa shape index (κ1) is 19.9. The maximum atomic E-state index is 13.0. The van der Waals surface area contributed by atoms with E-state index in [1.54, 1.807) is 24.3 Å². The Labute approximate surface area is 176 Å². The molecule has 30 heavy (non-hydrogen) atoms. The van der Waals surface area contributed by atoms with Crippen molar-refractivity contribution in [2.24, 2.45) is 0 Å². The SMILES string of the molecule is CCC(=O)Nc1ccc(C(=O)N2CCC[C@@H](Nc3cc4ccccc4cn3)C2)cc1. The van der Waals surface area contributed by atoms with Gasteiger partial charge in [-0.3, -0.25) is 9.59 Å². The molecule has 0 spiro atoms. The van der Waals surface area contributed by atoms with E-state index in [1.165, 1.54) is 0 Å².